The van der Waals surface area contributed by atoms with Crippen LogP contribution in [0.15, 0.2) is 63.5 Å². The zero-order chi connectivity index (χ0) is 28.1. The van der Waals surface area contributed by atoms with Crippen molar-refractivity contribution in [2.45, 2.75) is 39.7 Å². The number of allylic oxidation sites excluding steroid dienone is 1. The fourth-order valence-electron chi connectivity index (χ4n) is 4.28. The van der Waals surface area contributed by atoms with Crippen molar-refractivity contribution in [1.82, 2.24) is 4.57 Å². The molecule has 2 heterocycles. The zero-order valence-electron chi connectivity index (χ0n) is 22.2. The number of hydrogen-bond donors (Lipinski definition) is 1. The van der Waals surface area contributed by atoms with Crippen LogP contribution in [-0.4, -0.2) is 41.9 Å². The summed E-state index contributed by atoms with van der Waals surface area (Å²) in [5, 5.41) is 9.17. The molecule has 1 aromatic heterocycles. The minimum absolute atomic E-state index is 0.152. The number of esters is 1. The minimum Gasteiger partial charge on any atom is -0.493 e. The molecular weight excluding hydrogens is 520 g/mol. The highest BCUT2D eigenvalue weighted by Crippen LogP contribution is 2.36. The maximum Gasteiger partial charge on any atom is 0.338 e. The first-order valence-electron chi connectivity index (χ1n) is 12.6. The van der Waals surface area contributed by atoms with Gasteiger partial charge in [0.25, 0.3) is 5.56 Å². The molecular formula is C29H30N2O7S. The second-order valence-corrected chi connectivity index (χ2v) is 9.85. The van der Waals surface area contributed by atoms with Crippen molar-refractivity contribution in [1.29, 1.82) is 0 Å². The first-order chi connectivity index (χ1) is 18.8. The van der Waals surface area contributed by atoms with Crippen LogP contribution in [0.1, 0.15) is 61.1 Å². The molecule has 0 spiro atoms. The van der Waals surface area contributed by atoms with E-state index < -0.39 is 18.0 Å². The summed E-state index contributed by atoms with van der Waals surface area (Å²) < 4.78 is 18.7. The highest BCUT2D eigenvalue weighted by Gasteiger charge is 2.34. The number of thiazole rings is 1. The predicted octanol–water partition coefficient (Wildman–Crippen LogP) is 3.68. The highest BCUT2D eigenvalue weighted by molar-refractivity contribution is 7.07. The van der Waals surface area contributed by atoms with Crippen LogP contribution in [0.5, 0.6) is 11.5 Å². The molecule has 1 atom stereocenters. The standard InChI is InChI=1S/C29H30N2O7S/c1-5-7-14-38-21-13-12-20(16-22(21)36-4)25-24(28(35)37-6-2)17(3)30-29-31(25)26(32)23(39-29)15-18-8-10-19(11-9-18)27(33)34/h8-13,15-16,25H,5-7,14H2,1-4H3,(H,33,34)/b23-15+. The quantitative estimate of drug-likeness (QED) is 0.302. The molecule has 4 rings (SSSR count). The summed E-state index contributed by atoms with van der Waals surface area (Å²) >= 11 is 1.19. The van der Waals surface area contributed by atoms with Gasteiger partial charge in [-0.3, -0.25) is 9.36 Å². The smallest absolute Gasteiger partial charge is 0.338 e. The Morgan fingerprint density at radius 2 is 1.87 bits per heavy atom. The van der Waals surface area contributed by atoms with Gasteiger partial charge in [-0.2, -0.15) is 0 Å². The van der Waals surface area contributed by atoms with E-state index in [1.54, 1.807) is 51.3 Å². The van der Waals surface area contributed by atoms with E-state index in [-0.39, 0.29) is 23.3 Å². The fraction of sp³-hybridized carbons (Fsp3) is 0.310. The van der Waals surface area contributed by atoms with Crippen LogP contribution >= 0.6 is 11.3 Å². The lowest BCUT2D eigenvalue weighted by Crippen LogP contribution is -2.40. The van der Waals surface area contributed by atoms with Crippen molar-refractivity contribution in [3.63, 3.8) is 0 Å². The average Bonchev–Trinajstić information content (AvgIpc) is 3.22. The van der Waals surface area contributed by atoms with Gasteiger partial charge in [0.1, 0.15) is 0 Å². The van der Waals surface area contributed by atoms with Gasteiger partial charge < -0.3 is 19.3 Å². The molecule has 0 fully saturated rings. The largest absolute Gasteiger partial charge is 0.493 e. The molecule has 10 heteroatoms. The molecule has 9 nitrogen and oxygen atoms in total. The average molecular weight is 551 g/mol. The Labute approximate surface area is 229 Å². The molecule has 0 saturated heterocycles. The highest BCUT2D eigenvalue weighted by atomic mass is 32.1. The molecule has 1 aliphatic rings. The van der Waals surface area contributed by atoms with E-state index in [1.165, 1.54) is 28.0 Å². The first kappa shape index (κ1) is 27.8. The lowest BCUT2D eigenvalue weighted by Gasteiger charge is -2.25. The predicted molar refractivity (Wildman–Crippen MR) is 147 cm³/mol. The van der Waals surface area contributed by atoms with Crippen LogP contribution < -0.4 is 24.4 Å². The summed E-state index contributed by atoms with van der Waals surface area (Å²) in [7, 11) is 1.54. The molecule has 0 aliphatic carbocycles. The Balaban J connectivity index is 1.87. The third-order valence-electron chi connectivity index (χ3n) is 6.23. The van der Waals surface area contributed by atoms with Crippen molar-refractivity contribution < 1.29 is 28.9 Å². The summed E-state index contributed by atoms with van der Waals surface area (Å²) in [6, 6.07) is 10.8. The summed E-state index contributed by atoms with van der Waals surface area (Å²) in [6.45, 7) is 6.24. The fourth-order valence-corrected chi connectivity index (χ4v) is 5.33. The Bertz CT molecular complexity index is 1600. The number of ether oxygens (including phenoxy) is 3. The summed E-state index contributed by atoms with van der Waals surface area (Å²) in [5.41, 5.74) is 1.86. The topological polar surface area (TPSA) is 116 Å². The van der Waals surface area contributed by atoms with Crippen LogP contribution in [-0.2, 0) is 9.53 Å². The molecule has 0 amide bonds. The van der Waals surface area contributed by atoms with Gasteiger partial charge in [0, 0.05) is 0 Å². The van der Waals surface area contributed by atoms with Gasteiger partial charge in [0.2, 0.25) is 0 Å². The third kappa shape index (κ3) is 5.80. The number of carbonyl (C=O) groups excluding carboxylic acids is 1. The SMILES string of the molecule is CCCCOc1ccc(C2C(C(=O)OCC)=C(C)N=c3s/c(=C/c4ccc(C(=O)O)cc4)c(=O)n32)cc1OC. The third-order valence-corrected chi connectivity index (χ3v) is 7.21. The molecule has 204 valence electrons. The van der Waals surface area contributed by atoms with E-state index in [0.717, 1.165) is 12.8 Å². The number of carboxylic acids is 1. The van der Waals surface area contributed by atoms with E-state index in [9.17, 15) is 14.4 Å². The van der Waals surface area contributed by atoms with Crippen LogP contribution in [0.2, 0.25) is 0 Å². The number of methoxy groups -OCH3 is 1. The van der Waals surface area contributed by atoms with Crippen LogP contribution in [0.4, 0.5) is 0 Å². The van der Waals surface area contributed by atoms with Crippen molar-refractivity contribution in [3.05, 3.63) is 90.1 Å². The molecule has 39 heavy (non-hydrogen) atoms. The lowest BCUT2D eigenvalue weighted by molar-refractivity contribution is -0.139. The van der Waals surface area contributed by atoms with Gasteiger partial charge in [-0.05, 0) is 61.7 Å². The van der Waals surface area contributed by atoms with Gasteiger partial charge in [0.05, 0.1) is 47.7 Å². The van der Waals surface area contributed by atoms with E-state index in [0.29, 0.717) is 44.3 Å². The summed E-state index contributed by atoms with van der Waals surface area (Å²) in [4.78, 5) is 43.1. The number of unbranched alkanes of at least 4 members (excludes halogenated alkanes) is 1. The van der Waals surface area contributed by atoms with Gasteiger partial charge in [-0.1, -0.05) is 42.9 Å². The van der Waals surface area contributed by atoms with Gasteiger partial charge >= 0.3 is 11.9 Å². The number of aromatic nitrogens is 1. The molecule has 1 N–H and O–H groups in total. The molecule has 3 aromatic rings. The summed E-state index contributed by atoms with van der Waals surface area (Å²) in [6.07, 6.45) is 3.57. The number of nitrogens with zero attached hydrogens (tertiary/aromatic N) is 2. The molecule has 1 unspecified atom stereocenters. The Kier molecular flexibility index (Phi) is 8.65. The zero-order valence-corrected chi connectivity index (χ0v) is 23.0. The summed E-state index contributed by atoms with van der Waals surface area (Å²) in [5.74, 6) is -0.517. The van der Waals surface area contributed by atoms with Crippen LogP contribution in [0, 0.1) is 0 Å². The van der Waals surface area contributed by atoms with Crippen molar-refractivity contribution in [2.75, 3.05) is 20.3 Å². The van der Waals surface area contributed by atoms with Gasteiger partial charge in [-0.15, -0.1) is 0 Å². The van der Waals surface area contributed by atoms with Crippen molar-refractivity contribution >= 4 is 29.4 Å². The second kappa shape index (κ2) is 12.1. The number of fused-ring (bicyclic) bond motifs is 1. The lowest BCUT2D eigenvalue weighted by atomic mass is 9.95. The molecule has 1 aliphatic heterocycles. The van der Waals surface area contributed by atoms with Crippen LogP contribution in [0.25, 0.3) is 6.08 Å². The van der Waals surface area contributed by atoms with E-state index in [2.05, 4.69) is 11.9 Å². The Hall–Kier alpha value is -4.18. The minimum atomic E-state index is -1.03. The monoisotopic (exact) mass is 550 g/mol. The molecule has 0 bridgehead atoms. The van der Waals surface area contributed by atoms with Gasteiger partial charge in [-0.25, -0.2) is 14.6 Å². The maximum atomic E-state index is 13.8. The number of rotatable bonds is 10. The van der Waals surface area contributed by atoms with E-state index in [1.807, 2.05) is 6.07 Å². The van der Waals surface area contributed by atoms with Crippen molar-refractivity contribution in [2.24, 2.45) is 4.99 Å². The number of aromatic carboxylic acids is 1. The molecule has 0 radical (unpaired) electrons. The first-order valence-corrected chi connectivity index (χ1v) is 13.4. The van der Waals surface area contributed by atoms with E-state index >= 15 is 0 Å². The number of hydrogen-bond acceptors (Lipinski definition) is 8. The van der Waals surface area contributed by atoms with Crippen molar-refractivity contribution in [3.8, 4) is 11.5 Å². The van der Waals surface area contributed by atoms with Gasteiger partial charge in [0.15, 0.2) is 16.3 Å². The maximum absolute atomic E-state index is 13.8. The molecule has 0 saturated carbocycles. The number of benzene rings is 2. The second-order valence-electron chi connectivity index (χ2n) is 8.84. The Morgan fingerprint density at radius 1 is 1.13 bits per heavy atom. The number of carbonyl (C=O) groups is 2. The van der Waals surface area contributed by atoms with Crippen LogP contribution in [0.3, 0.4) is 0 Å². The normalized spacial score (nSPS) is 15.0. The molecule has 2 aromatic carbocycles. The number of carboxylic acid groups (broad SMARTS) is 1. The Morgan fingerprint density at radius 3 is 2.51 bits per heavy atom. The van der Waals surface area contributed by atoms with E-state index in [4.69, 9.17) is 19.3 Å².